The highest BCUT2D eigenvalue weighted by Crippen LogP contribution is 2.16. The van der Waals surface area contributed by atoms with Gasteiger partial charge in [-0.1, -0.05) is 26.0 Å². The average molecular weight is 407 g/mol. The predicted octanol–water partition coefficient (Wildman–Crippen LogP) is 3.71. The fourth-order valence-corrected chi connectivity index (χ4v) is 2.65. The molecule has 0 saturated heterocycles. The van der Waals surface area contributed by atoms with Gasteiger partial charge < -0.3 is 20.1 Å². The maximum absolute atomic E-state index is 12.6. The zero-order valence-corrected chi connectivity index (χ0v) is 18.5. The SMILES string of the molecule is CC(=O)c1cccc(O[C@H](C)C(=O)N[C@H](CNC(=O)OC(C)(C)C)CC(C)C)c1. The topological polar surface area (TPSA) is 93.7 Å². The van der Waals surface area contributed by atoms with Gasteiger partial charge in [0, 0.05) is 18.2 Å². The zero-order chi connectivity index (χ0) is 22.2. The zero-order valence-electron chi connectivity index (χ0n) is 18.5. The normalized spacial score (nSPS) is 13.4. The van der Waals surface area contributed by atoms with Crippen LogP contribution in [0.2, 0.25) is 0 Å². The number of carbonyl (C=O) groups excluding carboxylic acids is 3. The number of Topliss-reactive ketones (excluding diaryl/α,β-unsaturated/α-hetero) is 1. The molecule has 0 aliphatic heterocycles. The van der Waals surface area contributed by atoms with Crippen molar-refractivity contribution in [1.82, 2.24) is 10.6 Å². The number of ether oxygens (including phenoxy) is 2. The standard InChI is InChI=1S/C22H34N2O5/c1-14(2)11-18(13-23-21(27)29-22(5,6)7)24-20(26)16(4)28-19-10-8-9-17(12-19)15(3)25/h8-10,12,14,16,18H,11,13H2,1-7H3,(H,23,27)(H,24,26)/t16-,18+/m1/s1. The van der Waals surface area contributed by atoms with Crippen molar-refractivity contribution >= 4 is 17.8 Å². The van der Waals surface area contributed by atoms with Crippen molar-refractivity contribution in [3.63, 3.8) is 0 Å². The third-order valence-corrected chi connectivity index (χ3v) is 3.92. The fraction of sp³-hybridized carbons (Fsp3) is 0.591. The summed E-state index contributed by atoms with van der Waals surface area (Å²) >= 11 is 0. The lowest BCUT2D eigenvalue weighted by atomic mass is 10.0. The Morgan fingerprint density at radius 1 is 1.10 bits per heavy atom. The lowest BCUT2D eigenvalue weighted by molar-refractivity contribution is -0.128. The Morgan fingerprint density at radius 2 is 1.76 bits per heavy atom. The minimum atomic E-state index is -0.756. The Labute approximate surface area is 173 Å². The summed E-state index contributed by atoms with van der Waals surface area (Å²) in [6, 6.07) is 6.46. The molecule has 0 aliphatic rings. The maximum Gasteiger partial charge on any atom is 0.407 e. The van der Waals surface area contributed by atoms with Crippen LogP contribution in [-0.4, -0.2) is 42.1 Å². The molecular weight excluding hydrogens is 372 g/mol. The quantitative estimate of drug-likeness (QED) is 0.610. The van der Waals surface area contributed by atoms with Crippen molar-refractivity contribution < 1.29 is 23.9 Å². The largest absolute Gasteiger partial charge is 0.481 e. The summed E-state index contributed by atoms with van der Waals surface area (Å²) in [5.74, 6) is 0.407. The number of amides is 2. The van der Waals surface area contributed by atoms with E-state index in [4.69, 9.17) is 9.47 Å². The van der Waals surface area contributed by atoms with Crippen LogP contribution >= 0.6 is 0 Å². The monoisotopic (exact) mass is 406 g/mol. The summed E-state index contributed by atoms with van der Waals surface area (Å²) in [5.41, 5.74) is -0.0631. The summed E-state index contributed by atoms with van der Waals surface area (Å²) in [4.78, 5) is 36.0. The van der Waals surface area contributed by atoms with Crippen LogP contribution in [0.3, 0.4) is 0 Å². The number of ketones is 1. The van der Waals surface area contributed by atoms with Crippen LogP contribution in [0, 0.1) is 5.92 Å². The van der Waals surface area contributed by atoms with Crippen LogP contribution in [-0.2, 0) is 9.53 Å². The first-order valence-electron chi connectivity index (χ1n) is 9.92. The summed E-state index contributed by atoms with van der Waals surface area (Å²) in [7, 11) is 0. The Balaban J connectivity index is 2.67. The molecule has 1 rings (SSSR count). The molecule has 2 amide bonds. The number of rotatable bonds is 9. The van der Waals surface area contributed by atoms with Crippen LogP contribution in [0.1, 0.15) is 65.2 Å². The number of hydrogen-bond acceptors (Lipinski definition) is 5. The minimum absolute atomic E-state index is 0.0715. The van der Waals surface area contributed by atoms with Crippen molar-refractivity contribution in [2.75, 3.05) is 6.54 Å². The van der Waals surface area contributed by atoms with E-state index in [0.717, 1.165) is 0 Å². The van der Waals surface area contributed by atoms with Crippen LogP contribution in [0.4, 0.5) is 4.79 Å². The van der Waals surface area contributed by atoms with Crippen LogP contribution in [0.25, 0.3) is 0 Å². The molecule has 0 unspecified atom stereocenters. The second kappa shape index (κ2) is 10.8. The highest BCUT2D eigenvalue weighted by Gasteiger charge is 2.22. The summed E-state index contributed by atoms with van der Waals surface area (Å²) in [5, 5.41) is 5.63. The van der Waals surface area contributed by atoms with E-state index in [1.165, 1.54) is 6.92 Å². The van der Waals surface area contributed by atoms with Gasteiger partial charge in [0.05, 0.1) is 0 Å². The first-order valence-corrected chi connectivity index (χ1v) is 9.92. The molecule has 1 aromatic rings. The molecule has 0 radical (unpaired) electrons. The van der Waals surface area contributed by atoms with Gasteiger partial charge in [0.1, 0.15) is 11.4 Å². The molecule has 1 aromatic carbocycles. The Kier molecular flexibility index (Phi) is 9.14. The molecule has 0 bridgehead atoms. The van der Waals surface area contributed by atoms with E-state index in [0.29, 0.717) is 23.7 Å². The van der Waals surface area contributed by atoms with Gasteiger partial charge in [-0.15, -0.1) is 0 Å². The number of alkyl carbamates (subject to hydrolysis) is 1. The first-order chi connectivity index (χ1) is 13.4. The first kappa shape index (κ1) is 24.5. The van der Waals surface area contributed by atoms with E-state index in [1.807, 2.05) is 13.8 Å². The number of nitrogens with one attached hydrogen (secondary N) is 2. The molecule has 0 aromatic heterocycles. The van der Waals surface area contributed by atoms with Gasteiger partial charge in [0.15, 0.2) is 11.9 Å². The van der Waals surface area contributed by atoms with Gasteiger partial charge in [0.25, 0.3) is 5.91 Å². The lowest BCUT2D eigenvalue weighted by Crippen LogP contribution is -2.48. The second-order valence-corrected chi connectivity index (χ2v) is 8.56. The van der Waals surface area contributed by atoms with E-state index in [1.54, 1.807) is 52.0 Å². The molecule has 7 heteroatoms. The summed E-state index contributed by atoms with van der Waals surface area (Å²) in [6.07, 6.45) is -0.590. The molecule has 2 N–H and O–H groups in total. The second-order valence-electron chi connectivity index (χ2n) is 8.56. The summed E-state index contributed by atoms with van der Waals surface area (Å²) in [6.45, 7) is 12.8. The Bertz CT molecular complexity index is 709. The number of hydrogen-bond donors (Lipinski definition) is 2. The predicted molar refractivity (Wildman–Crippen MR) is 112 cm³/mol. The number of carbonyl (C=O) groups is 3. The van der Waals surface area contributed by atoms with Gasteiger partial charge in [-0.3, -0.25) is 9.59 Å². The van der Waals surface area contributed by atoms with Gasteiger partial charge in [-0.25, -0.2) is 4.79 Å². The van der Waals surface area contributed by atoms with Crippen molar-refractivity contribution in [2.45, 2.75) is 72.6 Å². The number of benzene rings is 1. The molecule has 7 nitrogen and oxygen atoms in total. The van der Waals surface area contributed by atoms with Crippen LogP contribution in [0.15, 0.2) is 24.3 Å². The van der Waals surface area contributed by atoms with E-state index >= 15 is 0 Å². The fourth-order valence-electron chi connectivity index (χ4n) is 2.65. The highest BCUT2D eigenvalue weighted by atomic mass is 16.6. The molecule has 29 heavy (non-hydrogen) atoms. The molecule has 0 spiro atoms. The van der Waals surface area contributed by atoms with Crippen molar-refractivity contribution in [3.05, 3.63) is 29.8 Å². The Hall–Kier alpha value is -2.57. The molecule has 0 aliphatic carbocycles. The van der Waals surface area contributed by atoms with Crippen LogP contribution in [0.5, 0.6) is 5.75 Å². The lowest BCUT2D eigenvalue weighted by Gasteiger charge is -2.25. The van der Waals surface area contributed by atoms with E-state index in [2.05, 4.69) is 10.6 Å². The molecule has 0 fully saturated rings. The van der Waals surface area contributed by atoms with Gasteiger partial charge >= 0.3 is 6.09 Å². The third-order valence-electron chi connectivity index (χ3n) is 3.92. The van der Waals surface area contributed by atoms with Crippen molar-refractivity contribution in [3.8, 4) is 5.75 Å². The van der Waals surface area contributed by atoms with E-state index in [9.17, 15) is 14.4 Å². The van der Waals surface area contributed by atoms with Crippen molar-refractivity contribution in [2.24, 2.45) is 5.92 Å². The van der Waals surface area contributed by atoms with Gasteiger partial charge in [0.2, 0.25) is 0 Å². The van der Waals surface area contributed by atoms with Gasteiger partial charge in [-0.05, 0) is 59.1 Å². The maximum atomic E-state index is 12.6. The van der Waals surface area contributed by atoms with Crippen molar-refractivity contribution in [1.29, 1.82) is 0 Å². The Morgan fingerprint density at radius 3 is 2.31 bits per heavy atom. The summed E-state index contributed by atoms with van der Waals surface area (Å²) < 4.78 is 10.9. The van der Waals surface area contributed by atoms with E-state index in [-0.39, 0.29) is 24.3 Å². The smallest absolute Gasteiger partial charge is 0.407 e. The average Bonchev–Trinajstić information content (AvgIpc) is 2.57. The molecule has 0 heterocycles. The minimum Gasteiger partial charge on any atom is -0.481 e. The van der Waals surface area contributed by atoms with Gasteiger partial charge in [-0.2, -0.15) is 0 Å². The molecular formula is C22H34N2O5. The molecule has 162 valence electrons. The third kappa shape index (κ3) is 9.96. The molecule has 0 saturated carbocycles. The van der Waals surface area contributed by atoms with Crippen LogP contribution < -0.4 is 15.4 Å². The van der Waals surface area contributed by atoms with E-state index < -0.39 is 17.8 Å². The molecule has 2 atom stereocenters. The highest BCUT2D eigenvalue weighted by molar-refractivity contribution is 5.94.